The molecule has 0 spiro atoms. The fraction of sp³-hybridized carbons (Fsp3) is 0.273. The molecular weight excluding hydrogens is 259 g/mol. The van der Waals surface area contributed by atoms with Crippen LogP contribution in [-0.2, 0) is 13.1 Å². The molecule has 0 unspecified atom stereocenters. The Morgan fingerprint density at radius 1 is 1.44 bits per heavy atom. The highest BCUT2D eigenvalue weighted by atomic mass is 35.5. The molecule has 1 heterocycles. The van der Waals surface area contributed by atoms with E-state index in [1.165, 1.54) is 10.7 Å². The second kappa shape index (κ2) is 5.79. The number of nitrogens with zero attached hydrogens (tertiary/aromatic N) is 3. The molecule has 1 aromatic heterocycles. The van der Waals surface area contributed by atoms with Gasteiger partial charge in [-0.05, 0) is 12.1 Å². The third-order valence-corrected chi connectivity index (χ3v) is 2.64. The quantitative estimate of drug-likeness (QED) is 0.868. The second-order valence-corrected chi connectivity index (χ2v) is 4.05. The predicted octanol–water partition coefficient (Wildman–Crippen LogP) is 1.67. The van der Waals surface area contributed by atoms with Gasteiger partial charge >= 0.3 is 0 Å². The summed E-state index contributed by atoms with van der Waals surface area (Å²) in [6, 6.07) is 4.48. The molecule has 0 fully saturated rings. The van der Waals surface area contributed by atoms with Gasteiger partial charge in [-0.25, -0.2) is 9.07 Å². The first-order valence-electron chi connectivity index (χ1n) is 5.38. The lowest BCUT2D eigenvalue weighted by Gasteiger charge is -2.07. The molecule has 2 rings (SSSR count). The Bertz CT molecular complexity index is 511. The minimum absolute atomic E-state index is 0.00459. The summed E-state index contributed by atoms with van der Waals surface area (Å²) in [5, 5.41) is 19.6. The smallest absolute Gasteiger partial charge is 0.147 e. The van der Waals surface area contributed by atoms with Crippen LogP contribution in [0.5, 0.6) is 0 Å². The molecule has 7 heteroatoms. The topological polar surface area (TPSA) is 63.0 Å². The van der Waals surface area contributed by atoms with E-state index in [0.29, 0.717) is 23.8 Å². The van der Waals surface area contributed by atoms with Crippen molar-refractivity contribution in [3.05, 3.63) is 40.9 Å². The Balaban J connectivity index is 2.02. The molecule has 0 radical (unpaired) electrons. The van der Waals surface area contributed by atoms with E-state index in [1.807, 2.05) is 0 Å². The Kier molecular flexibility index (Phi) is 4.11. The number of para-hydroxylation sites is 1. The molecule has 0 aliphatic heterocycles. The standard InChI is InChI=1S/C11H12ClFN4O/c12-9-2-1-3-10(13)11(9)14-6-8-7-17(4-5-18)16-15-8/h1-3,7,14,18H,4-6H2. The van der Waals surface area contributed by atoms with E-state index in [2.05, 4.69) is 15.6 Å². The van der Waals surface area contributed by atoms with Crippen molar-refractivity contribution in [1.29, 1.82) is 0 Å². The zero-order chi connectivity index (χ0) is 13.0. The highest BCUT2D eigenvalue weighted by Gasteiger charge is 2.07. The summed E-state index contributed by atoms with van der Waals surface area (Å²) in [6.45, 7) is 0.689. The lowest BCUT2D eigenvalue weighted by atomic mass is 10.3. The zero-order valence-corrected chi connectivity index (χ0v) is 10.2. The number of rotatable bonds is 5. The molecule has 0 amide bonds. The van der Waals surface area contributed by atoms with E-state index in [4.69, 9.17) is 16.7 Å². The number of hydrogen-bond donors (Lipinski definition) is 2. The van der Waals surface area contributed by atoms with Gasteiger partial charge in [-0.3, -0.25) is 0 Å². The summed E-state index contributed by atoms with van der Waals surface area (Å²) in [5.41, 5.74) is 0.888. The van der Waals surface area contributed by atoms with Crippen LogP contribution >= 0.6 is 11.6 Å². The maximum Gasteiger partial charge on any atom is 0.147 e. The van der Waals surface area contributed by atoms with Crippen molar-refractivity contribution < 1.29 is 9.50 Å². The molecule has 0 saturated carbocycles. The molecule has 0 aliphatic rings. The van der Waals surface area contributed by atoms with Crippen molar-refractivity contribution in [2.75, 3.05) is 11.9 Å². The van der Waals surface area contributed by atoms with Gasteiger partial charge < -0.3 is 10.4 Å². The Morgan fingerprint density at radius 2 is 2.28 bits per heavy atom. The van der Waals surface area contributed by atoms with Gasteiger partial charge in [0.2, 0.25) is 0 Å². The van der Waals surface area contributed by atoms with Crippen LogP contribution in [0, 0.1) is 5.82 Å². The van der Waals surface area contributed by atoms with Gasteiger partial charge in [0.15, 0.2) is 0 Å². The summed E-state index contributed by atoms with van der Waals surface area (Å²) in [5.74, 6) is -0.412. The Labute approximate surface area is 108 Å². The van der Waals surface area contributed by atoms with Crippen LogP contribution in [0.15, 0.2) is 24.4 Å². The van der Waals surface area contributed by atoms with E-state index in [-0.39, 0.29) is 12.3 Å². The van der Waals surface area contributed by atoms with Crippen LogP contribution < -0.4 is 5.32 Å². The number of aromatic nitrogens is 3. The number of benzene rings is 1. The first-order chi connectivity index (χ1) is 8.70. The van der Waals surface area contributed by atoms with Crippen LogP contribution in [0.4, 0.5) is 10.1 Å². The summed E-state index contributed by atoms with van der Waals surface area (Å²) in [4.78, 5) is 0. The summed E-state index contributed by atoms with van der Waals surface area (Å²) in [7, 11) is 0. The Hall–Kier alpha value is -1.66. The van der Waals surface area contributed by atoms with E-state index >= 15 is 0 Å². The molecule has 2 aromatic rings. The summed E-state index contributed by atoms with van der Waals surface area (Å²) >= 11 is 5.87. The van der Waals surface area contributed by atoms with Gasteiger partial charge in [-0.1, -0.05) is 22.9 Å². The predicted molar refractivity (Wildman–Crippen MR) is 65.8 cm³/mol. The monoisotopic (exact) mass is 270 g/mol. The van der Waals surface area contributed by atoms with Gasteiger partial charge in [0, 0.05) is 0 Å². The number of hydrogen-bond acceptors (Lipinski definition) is 4. The number of halogens is 2. The molecule has 18 heavy (non-hydrogen) atoms. The highest BCUT2D eigenvalue weighted by molar-refractivity contribution is 6.33. The van der Waals surface area contributed by atoms with Gasteiger partial charge in [0.25, 0.3) is 0 Å². The second-order valence-electron chi connectivity index (χ2n) is 3.65. The largest absolute Gasteiger partial charge is 0.394 e. The van der Waals surface area contributed by atoms with E-state index < -0.39 is 5.82 Å². The summed E-state index contributed by atoms with van der Waals surface area (Å²) < 4.78 is 15.0. The van der Waals surface area contributed by atoms with Gasteiger partial charge in [0.1, 0.15) is 11.5 Å². The lowest BCUT2D eigenvalue weighted by Crippen LogP contribution is -2.03. The Morgan fingerprint density at radius 3 is 3.00 bits per heavy atom. The minimum atomic E-state index is -0.412. The van der Waals surface area contributed by atoms with Crippen molar-refractivity contribution in [3.8, 4) is 0 Å². The average molecular weight is 271 g/mol. The van der Waals surface area contributed by atoms with Gasteiger partial charge in [-0.2, -0.15) is 0 Å². The van der Waals surface area contributed by atoms with E-state index in [1.54, 1.807) is 18.3 Å². The fourth-order valence-corrected chi connectivity index (χ4v) is 1.71. The molecule has 0 saturated heterocycles. The first-order valence-corrected chi connectivity index (χ1v) is 5.76. The van der Waals surface area contributed by atoms with Crippen molar-refractivity contribution in [2.45, 2.75) is 13.1 Å². The van der Waals surface area contributed by atoms with Crippen molar-refractivity contribution >= 4 is 17.3 Å². The van der Waals surface area contributed by atoms with Crippen molar-refractivity contribution in [2.24, 2.45) is 0 Å². The number of aliphatic hydroxyl groups is 1. The molecule has 5 nitrogen and oxygen atoms in total. The minimum Gasteiger partial charge on any atom is -0.394 e. The number of anilines is 1. The molecule has 2 N–H and O–H groups in total. The first kappa shape index (κ1) is 12.8. The average Bonchev–Trinajstić information content (AvgIpc) is 2.77. The van der Waals surface area contributed by atoms with E-state index in [0.717, 1.165) is 0 Å². The molecule has 0 bridgehead atoms. The number of aliphatic hydroxyl groups excluding tert-OH is 1. The highest BCUT2D eigenvalue weighted by Crippen LogP contribution is 2.24. The fourth-order valence-electron chi connectivity index (χ4n) is 1.48. The van der Waals surface area contributed by atoms with Crippen molar-refractivity contribution in [3.63, 3.8) is 0 Å². The number of nitrogens with one attached hydrogen (secondary N) is 1. The van der Waals surface area contributed by atoms with Crippen LogP contribution in [0.25, 0.3) is 0 Å². The SMILES string of the molecule is OCCn1cc(CNc2c(F)cccc2Cl)nn1. The van der Waals surface area contributed by atoms with Crippen LogP contribution in [0.1, 0.15) is 5.69 Å². The van der Waals surface area contributed by atoms with Gasteiger partial charge in [0.05, 0.1) is 36.6 Å². The molecule has 1 aromatic carbocycles. The lowest BCUT2D eigenvalue weighted by molar-refractivity contribution is 0.268. The third-order valence-electron chi connectivity index (χ3n) is 2.32. The van der Waals surface area contributed by atoms with Crippen molar-refractivity contribution in [1.82, 2.24) is 15.0 Å². The molecule has 96 valence electrons. The normalized spacial score (nSPS) is 10.6. The zero-order valence-electron chi connectivity index (χ0n) is 9.48. The van der Waals surface area contributed by atoms with Gasteiger partial charge in [-0.15, -0.1) is 5.10 Å². The molecular formula is C11H12ClFN4O. The van der Waals surface area contributed by atoms with Crippen LogP contribution in [0.2, 0.25) is 5.02 Å². The van der Waals surface area contributed by atoms with Crippen LogP contribution in [-0.4, -0.2) is 26.7 Å². The third kappa shape index (κ3) is 2.96. The van der Waals surface area contributed by atoms with Crippen LogP contribution in [0.3, 0.4) is 0 Å². The molecule has 0 atom stereocenters. The maximum absolute atomic E-state index is 13.5. The molecule has 0 aliphatic carbocycles. The van der Waals surface area contributed by atoms with E-state index in [9.17, 15) is 4.39 Å². The maximum atomic E-state index is 13.5. The summed E-state index contributed by atoms with van der Waals surface area (Å²) in [6.07, 6.45) is 1.68.